The topological polar surface area (TPSA) is 87.4 Å². The second-order valence-corrected chi connectivity index (χ2v) is 10.4. The summed E-state index contributed by atoms with van der Waals surface area (Å²) >= 11 is 0. The molecule has 4 rings (SSSR count). The van der Waals surface area contributed by atoms with Crippen LogP contribution >= 0.6 is 0 Å². The van der Waals surface area contributed by atoms with Crippen LogP contribution in [0.15, 0.2) is 48.2 Å². The van der Waals surface area contributed by atoms with Crippen molar-refractivity contribution >= 4 is 23.1 Å². The first kappa shape index (κ1) is 29.3. The first-order valence-corrected chi connectivity index (χ1v) is 14.5. The molecule has 214 valence electrons. The minimum absolute atomic E-state index is 0.0774. The van der Waals surface area contributed by atoms with E-state index in [0.29, 0.717) is 30.2 Å². The molecule has 1 saturated heterocycles. The van der Waals surface area contributed by atoms with Gasteiger partial charge >= 0.3 is 0 Å². The van der Waals surface area contributed by atoms with Gasteiger partial charge in [-0.15, -0.1) is 0 Å². The summed E-state index contributed by atoms with van der Waals surface area (Å²) in [4.78, 5) is 35.5. The smallest absolute Gasteiger partial charge is 0.295 e. The lowest BCUT2D eigenvalue weighted by Crippen LogP contribution is -2.33. The molecule has 1 N–H and O–H groups in total. The van der Waals surface area contributed by atoms with Crippen LogP contribution in [0.4, 0.5) is 0 Å². The van der Waals surface area contributed by atoms with Gasteiger partial charge in [-0.05, 0) is 75.6 Å². The number of rotatable bonds is 13. The lowest BCUT2D eigenvalue weighted by atomic mass is 9.96. The Balaban J connectivity index is 1.73. The van der Waals surface area contributed by atoms with E-state index in [-0.39, 0.29) is 11.3 Å². The van der Waals surface area contributed by atoms with Gasteiger partial charge in [-0.3, -0.25) is 9.59 Å². The molecule has 1 aliphatic rings. The lowest BCUT2D eigenvalue weighted by Gasteiger charge is -2.27. The maximum absolute atomic E-state index is 13.5. The summed E-state index contributed by atoms with van der Waals surface area (Å²) in [5.74, 6) is -0.776. The summed E-state index contributed by atoms with van der Waals surface area (Å²) in [7, 11) is 0. The van der Waals surface area contributed by atoms with Gasteiger partial charge in [-0.2, -0.15) is 0 Å². The fourth-order valence-electron chi connectivity index (χ4n) is 5.42. The highest BCUT2D eigenvalue weighted by atomic mass is 16.5. The quantitative estimate of drug-likeness (QED) is 0.129. The molecule has 0 aliphatic carbocycles. The number of hydrogen-bond acceptors (Lipinski definition) is 6. The number of Topliss-reactive ketones (excluding diaryl/α,β-unsaturated/α-hetero) is 1. The number of hydrogen-bond donors (Lipinski definition) is 1. The molecule has 1 aromatic carbocycles. The number of ketones is 1. The number of aromatic nitrogens is 2. The molecule has 1 aliphatic heterocycles. The van der Waals surface area contributed by atoms with Gasteiger partial charge in [0.25, 0.3) is 11.7 Å². The van der Waals surface area contributed by atoms with Crippen molar-refractivity contribution in [3.05, 3.63) is 70.7 Å². The van der Waals surface area contributed by atoms with Crippen LogP contribution in [-0.4, -0.2) is 68.8 Å². The zero-order valence-electron chi connectivity index (χ0n) is 24.4. The Morgan fingerprint density at radius 2 is 1.75 bits per heavy atom. The summed E-state index contributed by atoms with van der Waals surface area (Å²) in [6.45, 7) is 13.9. The van der Waals surface area contributed by atoms with Crippen LogP contribution in [0.3, 0.4) is 0 Å². The summed E-state index contributed by atoms with van der Waals surface area (Å²) < 4.78 is 7.78. The molecule has 1 unspecified atom stereocenters. The van der Waals surface area contributed by atoms with Crippen molar-refractivity contribution in [2.75, 3.05) is 32.8 Å². The number of benzene rings is 1. The van der Waals surface area contributed by atoms with Crippen molar-refractivity contribution in [2.24, 2.45) is 0 Å². The van der Waals surface area contributed by atoms with E-state index in [0.717, 1.165) is 62.2 Å². The Morgan fingerprint density at radius 1 is 1.02 bits per heavy atom. The molecule has 3 aromatic rings. The number of likely N-dealkylation sites (tertiary alicyclic amines) is 1. The first-order chi connectivity index (χ1) is 19.3. The highest BCUT2D eigenvalue weighted by Gasteiger charge is 2.46. The van der Waals surface area contributed by atoms with Crippen molar-refractivity contribution in [3.63, 3.8) is 0 Å². The summed E-state index contributed by atoms with van der Waals surface area (Å²) in [6, 6.07) is 10.7. The van der Waals surface area contributed by atoms with E-state index < -0.39 is 17.7 Å². The highest BCUT2D eigenvalue weighted by Crippen LogP contribution is 2.40. The minimum Gasteiger partial charge on any atom is -0.505 e. The van der Waals surface area contributed by atoms with Gasteiger partial charge in [0, 0.05) is 12.7 Å². The molecule has 1 atom stereocenters. The third kappa shape index (κ3) is 5.92. The minimum atomic E-state index is -0.712. The Morgan fingerprint density at radius 3 is 2.40 bits per heavy atom. The van der Waals surface area contributed by atoms with E-state index in [1.54, 1.807) is 4.90 Å². The van der Waals surface area contributed by atoms with Crippen LogP contribution in [0.5, 0.6) is 5.75 Å². The van der Waals surface area contributed by atoms with Gasteiger partial charge in [0.05, 0.1) is 23.9 Å². The summed E-state index contributed by atoms with van der Waals surface area (Å²) in [6.07, 6.45) is 5.82. The number of imidazole rings is 1. The predicted molar refractivity (Wildman–Crippen MR) is 158 cm³/mol. The standard InChI is InChI=1S/C32H42N4O4/c1-6-9-10-21-40-25-16-14-24(15-17-25)28-26(30(38)32(39)36(28)20-12-18-34(7-2)8-3)29(37)27-23(5)35-19-11-13-22(4)31(35)33-27/h11,13-17,19,28,37H,6-10,12,18,20-21H2,1-5H3. The highest BCUT2D eigenvalue weighted by molar-refractivity contribution is 6.46. The lowest BCUT2D eigenvalue weighted by molar-refractivity contribution is -0.140. The van der Waals surface area contributed by atoms with Gasteiger partial charge < -0.3 is 24.0 Å². The van der Waals surface area contributed by atoms with Crippen molar-refractivity contribution in [2.45, 2.75) is 66.3 Å². The van der Waals surface area contributed by atoms with Gasteiger partial charge in [0.1, 0.15) is 17.1 Å². The molecule has 0 saturated carbocycles. The fourth-order valence-corrected chi connectivity index (χ4v) is 5.42. The van der Waals surface area contributed by atoms with Gasteiger partial charge in [-0.1, -0.05) is 51.8 Å². The van der Waals surface area contributed by atoms with E-state index in [2.05, 4.69) is 30.7 Å². The Labute approximate surface area is 237 Å². The Hall–Kier alpha value is -3.65. The number of carbonyl (C=O) groups excluding carboxylic acids is 2. The van der Waals surface area contributed by atoms with Crippen molar-refractivity contribution in [1.29, 1.82) is 0 Å². The molecule has 8 heteroatoms. The van der Waals surface area contributed by atoms with Crippen LogP contribution in [-0.2, 0) is 9.59 Å². The van der Waals surface area contributed by atoms with E-state index in [9.17, 15) is 14.7 Å². The van der Waals surface area contributed by atoms with E-state index in [4.69, 9.17) is 4.74 Å². The molecular formula is C32H42N4O4. The number of aryl methyl sites for hydroxylation is 2. The zero-order chi connectivity index (χ0) is 28.8. The average Bonchev–Trinajstić information content (AvgIpc) is 3.43. The number of nitrogens with zero attached hydrogens (tertiary/aromatic N) is 4. The largest absolute Gasteiger partial charge is 0.505 e. The average molecular weight is 547 g/mol. The molecule has 3 heterocycles. The Bertz CT molecular complexity index is 1370. The monoisotopic (exact) mass is 546 g/mol. The third-order valence-corrected chi connectivity index (χ3v) is 7.83. The molecule has 1 fully saturated rings. The molecule has 0 bridgehead atoms. The van der Waals surface area contributed by atoms with Gasteiger partial charge in [0.15, 0.2) is 5.76 Å². The molecule has 2 aromatic heterocycles. The van der Waals surface area contributed by atoms with E-state index in [1.165, 1.54) is 0 Å². The number of pyridine rings is 1. The van der Waals surface area contributed by atoms with Crippen LogP contribution < -0.4 is 4.74 Å². The second kappa shape index (κ2) is 13.1. The first-order valence-electron chi connectivity index (χ1n) is 14.5. The molecule has 1 amide bonds. The normalized spacial score (nSPS) is 16.9. The SMILES string of the molecule is CCCCCOc1ccc(C2C(=C(O)c3nc4c(C)cccn4c3C)C(=O)C(=O)N2CCCN(CC)CC)cc1. The number of ether oxygens (including phenoxy) is 1. The fraction of sp³-hybridized carbons (Fsp3) is 0.469. The number of aliphatic hydroxyl groups excluding tert-OH is 1. The van der Waals surface area contributed by atoms with Crippen molar-refractivity contribution < 1.29 is 19.4 Å². The number of aliphatic hydroxyl groups is 1. The third-order valence-electron chi connectivity index (χ3n) is 7.83. The molecule has 0 radical (unpaired) electrons. The summed E-state index contributed by atoms with van der Waals surface area (Å²) in [5, 5.41) is 11.6. The molecular weight excluding hydrogens is 504 g/mol. The van der Waals surface area contributed by atoms with Crippen LogP contribution in [0.2, 0.25) is 0 Å². The Kier molecular flexibility index (Phi) is 9.63. The number of unbranched alkanes of at least 4 members (excludes halogenated alkanes) is 2. The second-order valence-electron chi connectivity index (χ2n) is 10.4. The molecule has 0 spiro atoms. The number of amides is 1. The summed E-state index contributed by atoms with van der Waals surface area (Å²) in [5.41, 5.74) is 3.51. The van der Waals surface area contributed by atoms with Gasteiger partial charge in [-0.25, -0.2) is 4.98 Å². The van der Waals surface area contributed by atoms with E-state index in [1.807, 2.05) is 60.8 Å². The molecule has 40 heavy (non-hydrogen) atoms. The number of carbonyl (C=O) groups is 2. The maximum atomic E-state index is 13.5. The zero-order valence-corrected chi connectivity index (χ0v) is 24.4. The van der Waals surface area contributed by atoms with Crippen LogP contribution in [0.1, 0.15) is 75.0 Å². The van der Waals surface area contributed by atoms with Gasteiger partial charge in [0.2, 0.25) is 0 Å². The maximum Gasteiger partial charge on any atom is 0.295 e. The molecule has 8 nitrogen and oxygen atoms in total. The van der Waals surface area contributed by atoms with E-state index >= 15 is 0 Å². The van der Waals surface area contributed by atoms with Crippen LogP contribution in [0, 0.1) is 13.8 Å². The van der Waals surface area contributed by atoms with Crippen molar-refractivity contribution in [1.82, 2.24) is 19.2 Å². The van der Waals surface area contributed by atoms with Crippen LogP contribution in [0.25, 0.3) is 11.4 Å². The number of fused-ring (bicyclic) bond motifs is 1. The van der Waals surface area contributed by atoms with Crippen molar-refractivity contribution in [3.8, 4) is 5.75 Å². The predicted octanol–water partition coefficient (Wildman–Crippen LogP) is 5.67.